The van der Waals surface area contributed by atoms with Gasteiger partial charge in [-0.05, 0) is 37.8 Å². The van der Waals surface area contributed by atoms with Crippen LogP contribution in [-0.2, 0) is 0 Å². The Labute approximate surface area is 102 Å². The van der Waals surface area contributed by atoms with Crippen LogP contribution < -0.4 is 5.32 Å². The van der Waals surface area contributed by atoms with Gasteiger partial charge in [-0.1, -0.05) is 34.1 Å². The minimum Gasteiger partial charge on any atom is -0.315 e. The van der Waals surface area contributed by atoms with Gasteiger partial charge in [0.2, 0.25) is 0 Å². The van der Waals surface area contributed by atoms with Crippen molar-refractivity contribution in [1.82, 2.24) is 10.2 Å². The molecule has 2 heteroatoms. The van der Waals surface area contributed by atoms with Crippen LogP contribution in [0.5, 0.6) is 0 Å². The molecular formula is C14H30N2. The average Bonchev–Trinajstić information content (AvgIpc) is 2.22. The maximum Gasteiger partial charge on any atom is 0.0220 e. The number of nitrogens with one attached hydrogen (secondary N) is 1. The molecule has 1 atom stereocenters. The predicted molar refractivity (Wildman–Crippen MR) is 71.8 cm³/mol. The van der Waals surface area contributed by atoms with Gasteiger partial charge in [-0.2, -0.15) is 0 Å². The SMILES string of the molecule is CCCC(CNCC)N1CCCC(C)(C)C1. The summed E-state index contributed by atoms with van der Waals surface area (Å²) < 4.78 is 0. The number of nitrogens with zero attached hydrogens (tertiary/aromatic N) is 1. The lowest BCUT2D eigenvalue weighted by Gasteiger charge is -2.42. The molecule has 1 aliphatic heterocycles. The molecule has 0 aromatic rings. The highest BCUT2D eigenvalue weighted by Gasteiger charge is 2.29. The first-order chi connectivity index (χ1) is 7.59. The topological polar surface area (TPSA) is 15.3 Å². The Morgan fingerprint density at radius 2 is 2.06 bits per heavy atom. The lowest BCUT2D eigenvalue weighted by atomic mass is 9.83. The fourth-order valence-corrected chi connectivity index (χ4v) is 2.84. The summed E-state index contributed by atoms with van der Waals surface area (Å²) in [6.07, 6.45) is 5.40. The zero-order chi connectivity index (χ0) is 12.0. The molecule has 0 aliphatic carbocycles. The number of hydrogen-bond acceptors (Lipinski definition) is 2. The van der Waals surface area contributed by atoms with Gasteiger partial charge in [0.05, 0.1) is 0 Å². The summed E-state index contributed by atoms with van der Waals surface area (Å²) in [4.78, 5) is 2.72. The van der Waals surface area contributed by atoms with Crippen molar-refractivity contribution in [3.05, 3.63) is 0 Å². The monoisotopic (exact) mass is 226 g/mol. The number of piperidine rings is 1. The summed E-state index contributed by atoms with van der Waals surface area (Å²) in [6.45, 7) is 14.2. The van der Waals surface area contributed by atoms with E-state index in [0.29, 0.717) is 5.41 Å². The predicted octanol–water partition coefficient (Wildman–Crippen LogP) is 2.89. The van der Waals surface area contributed by atoms with Crippen molar-refractivity contribution in [3.63, 3.8) is 0 Å². The molecule has 0 aromatic carbocycles. The van der Waals surface area contributed by atoms with Crippen molar-refractivity contribution >= 4 is 0 Å². The van der Waals surface area contributed by atoms with Gasteiger partial charge in [0.25, 0.3) is 0 Å². The molecule has 96 valence electrons. The van der Waals surface area contributed by atoms with Gasteiger partial charge in [-0.25, -0.2) is 0 Å². The normalized spacial score (nSPS) is 23.2. The van der Waals surface area contributed by atoms with Gasteiger partial charge >= 0.3 is 0 Å². The van der Waals surface area contributed by atoms with Crippen LogP contribution in [0.4, 0.5) is 0 Å². The highest BCUT2D eigenvalue weighted by molar-refractivity contribution is 4.84. The van der Waals surface area contributed by atoms with E-state index in [1.807, 2.05) is 0 Å². The summed E-state index contributed by atoms with van der Waals surface area (Å²) in [5.74, 6) is 0. The van der Waals surface area contributed by atoms with Crippen LogP contribution in [-0.4, -0.2) is 37.1 Å². The average molecular weight is 226 g/mol. The van der Waals surface area contributed by atoms with Gasteiger partial charge in [-0.15, -0.1) is 0 Å². The second kappa shape index (κ2) is 6.61. The molecule has 1 aliphatic rings. The number of hydrogen-bond donors (Lipinski definition) is 1. The van der Waals surface area contributed by atoms with Crippen LogP contribution >= 0.6 is 0 Å². The van der Waals surface area contributed by atoms with Crippen LogP contribution in [0.3, 0.4) is 0 Å². The summed E-state index contributed by atoms with van der Waals surface area (Å²) in [6, 6.07) is 0.754. The third kappa shape index (κ3) is 4.42. The van der Waals surface area contributed by atoms with Gasteiger partial charge in [-0.3, -0.25) is 4.90 Å². The zero-order valence-electron chi connectivity index (χ0n) is 11.7. The van der Waals surface area contributed by atoms with Crippen LogP contribution in [0, 0.1) is 5.41 Å². The number of likely N-dealkylation sites (tertiary alicyclic amines) is 1. The minimum atomic E-state index is 0.524. The van der Waals surface area contributed by atoms with Gasteiger partial charge in [0, 0.05) is 19.1 Å². The molecule has 2 nitrogen and oxygen atoms in total. The molecule has 1 unspecified atom stereocenters. The Kier molecular flexibility index (Phi) is 5.77. The zero-order valence-corrected chi connectivity index (χ0v) is 11.7. The second-order valence-corrected chi connectivity index (χ2v) is 5.99. The number of likely N-dealkylation sites (N-methyl/N-ethyl adjacent to an activating group) is 1. The molecule has 1 heterocycles. The van der Waals surface area contributed by atoms with E-state index < -0.39 is 0 Å². The van der Waals surface area contributed by atoms with Crippen molar-refractivity contribution in [2.24, 2.45) is 5.41 Å². The Balaban J connectivity index is 2.48. The molecule has 0 aromatic heterocycles. The fourth-order valence-electron chi connectivity index (χ4n) is 2.84. The fraction of sp³-hybridized carbons (Fsp3) is 1.00. The molecule has 0 bridgehead atoms. The lowest BCUT2D eigenvalue weighted by molar-refractivity contribution is 0.0736. The van der Waals surface area contributed by atoms with Crippen LogP contribution in [0.2, 0.25) is 0 Å². The molecule has 1 saturated heterocycles. The highest BCUT2D eigenvalue weighted by atomic mass is 15.2. The number of rotatable bonds is 6. The van der Waals surface area contributed by atoms with Gasteiger partial charge in [0.1, 0.15) is 0 Å². The van der Waals surface area contributed by atoms with Crippen molar-refractivity contribution in [3.8, 4) is 0 Å². The Bertz CT molecular complexity index is 189. The van der Waals surface area contributed by atoms with E-state index in [1.54, 1.807) is 0 Å². The summed E-state index contributed by atoms with van der Waals surface area (Å²) in [5.41, 5.74) is 0.524. The molecule has 0 amide bonds. The van der Waals surface area contributed by atoms with Crippen LogP contribution in [0.15, 0.2) is 0 Å². The van der Waals surface area contributed by atoms with E-state index in [4.69, 9.17) is 0 Å². The van der Waals surface area contributed by atoms with E-state index in [1.165, 1.54) is 45.3 Å². The first-order valence-corrected chi connectivity index (χ1v) is 7.04. The van der Waals surface area contributed by atoms with Gasteiger partial charge in [0.15, 0.2) is 0 Å². The van der Waals surface area contributed by atoms with E-state index >= 15 is 0 Å². The molecular weight excluding hydrogens is 196 g/mol. The lowest BCUT2D eigenvalue weighted by Crippen LogP contribution is -2.49. The Hall–Kier alpha value is -0.0800. The standard InChI is InChI=1S/C14H30N2/c1-5-8-13(11-15-6-2)16-10-7-9-14(3,4)12-16/h13,15H,5-12H2,1-4H3. The molecule has 0 radical (unpaired) electrons. The van der Waals surface area contributed by atoms with Crippen LogP contribution in [0.25, 0.3) is 0 Å². The minimum absolute atomic E-state index is 0.524. The largest absolute Gasteiger partial charge is 0.315 e. The third-order valence-electron chi connectivity index (χ3n) is 3.70. The van der Waals surface area contributed by atoms with Crippen molar-refractivity contribution in [1.29, 1.82) is 0 Å². The summed E-state index contributed by atoms with van der Waals surface area (Å²) >= 11 is 0. The maximum absolute atomic E-state index is 3.52. The second-order valence-electron chi connectivity index (χ2n) is 5.99. The molecule has 1 fully saturated rings. The molecule has 0 spiro atoms. The summed E-state index contributed by atoms with van der Waals surface area (Å²) in [7, 11) is 0. The molecule has 1 rings (SSSR count). The first-order valence-electron chi connectivity index (χ1n) is 7.04. The van der Waals surface area contributed by atoms with E-state index in [0.717, 1.165) is 12.6 Å². The highest BCUT2D eigenvalue weighted by Crippen LogP contribution is 2.30. The van der Waals surface area contributed by atoms with Gasteiger partial charge < -0.3 is 5.32 Å². The maximum atomic E-state index is 3.52. The van der Waals surface area contributed by atoms with Crippen molar-refractivity contribution in [2.75, 3.05) is 26.2 Å². The smallest absolute Gasteiger partial charge is 0.0220 e. The Morgan fingerprint density at radius 3 is 2.62 bits per heavy atom. The Morgan fingerprint density at radius 1 is 1.31 bits per heavy atom. The van der Waals surface area contributed by atoms with E-state index in [2.05, 4.69) is 37.9 Å². The molecule has 0 saturated carbocycles. The van der Waals surface area contributed by atoms with Crippen LogP contribution in [0.1, 0.15) is 53.4 Å². The molecule has 1 N–H and O–H groups in total. The van der Waals surface area contributed by atoms with E-state index in [9.17, 15) is 0 Å². The summed E-state index contributed by atoms with van der Waals surface area (Å²) in [5, 5.41) is 3.52. The van der Waals surface area contributed by atoms with Crippen molar-refractivity contribution in [2.45, 2.75) is 59.4 Å². The van der Waals surface area contributed by atoms with E-state index in [-0.39, 0.29) is 0 Å². The quantitative estimate of drug-likeness (QED) is 0.749. The third-order valence-corrected chi connectivity index (χ3v) is 3.70. The first kappa shape index (κ1) is 14.0. The molecule has 16 heavy (non-hydrogen) atoms. The van der Waals surface area contributed by atoms with Crippen molar-refractivity contribution < 1.29 is 0 Å².